The molecule has 3 nitrogen and oxygen atoms in total. The summed E-state index contributed by atoms with van der Waals surface area (Å²) >= 11 is 0. The summed E-state index contributed by atoms with van der Waals surface area (Å²) < 4.78 is 0. The molecule has 1 aliphatic heterocycles. The predicted octanol–water partition coefficient (Wildman–Crippen LogP) is 3.30. The van der Waals surface area contributed by atoms with Gasteiger partial charge in [0.05, 0.1) is 0 Å². The van der Waals surface area contributed by atoms with Crippen molar-refractivity contribution < 1.29 is 4.79 Å². The second-order valence-corrected chi connectivity index (χ2v) is 7.65. The monoisotopic (exact) mass is 282 g/mol. The standard InChI is InChI=1S/C17H34N2O/c1-7-18-15(17(4,5)6)12-19-11-10-14(13(2)3)8-9-16(19)20/h13-15,18H,7-12H2,1-6H3. The van der Waals surface area contributed by atoms with Crippen molar-refractivity contribution in [2.24, 2.45) is 17.3 Å². The van der Waals surface area contributed by atoms with Crippen LogP contribution in [0.25, 0.3) is 0 Å². The molecule has 2 atom stereocenters. The lowest BCUT2D eigenvalue weighted by molar-refractivity contribution is -0.131. The van der Waals surface area contributed by atoms with Gasteiger partial charge in [-0.2, -0.15) is 0 Å². The molecular formula is C17H34N2O. The highest BCUT2D eigenvalue weighted by Crippen LogP contribution is 2.27. The van der Waals surface area contributed by atoms with Gasteiger partial charge >= 0.3 is 0 Å². The zero-order chi connectivity index (χ0) is 15.3. The molecule has 3 heteroatoms. The normalized spacial score (nSPS) is 23.1. The molecule has 1 heterocycles. The van der Waals surface area contributed by atoms with E-state index < -0.39 is 0 Å². The van der Waals surface area contributed by atoms with Crippen LogP contribution in [0.4, 0.5) is 0 Å². The number of amides is 1. The average Bonchev–Trinajstić information content (AvgIpc) is 2.50. The highest BCUT2D eigenvalue weighted by atomic mass is 16.2. The minimum Gasteiger partial charge on any atom is -0.341 e. The molecule has 0 radical (unpaired) electrons. The van der Waals surface area contributed by atoms with E-state index in [-0.39, 0.29) is 5.41 Å². The van der Waals surface area contributed by atoms with Crippen molar-refractivity contribution in [2.45, 2.75) is 66.8 Å². The third-order valence-corrected chi connectivity index (χ3v) is 4.69. The minimum absolute atomic E-state index is 0.181. The first-order valence-electron chi connectivity index (χ1n) is 8.26. The SMILES string of the molecule is CCNC(CN1CCC(C(C)C)CCC1=O)C(C)(C)C. The number of likely N-dealkylation sites (tertiary alicyclic amines) is 1. The molecule has 20 heavy (non-hydrogen) atoms. The molecule has 2 unspecified atom stereocenters. The summed E-state index contributed by atoms with van der Waals surface area (Å²) in [5.41, 5.74) is 0.181. The lowest BCUT2D eigenvalue weighted by Crippen LogP contribution is -2.50. The molecule has 0 bridgehead atoms. The van der Waals surface area contributed by atoms with E-state index >= 15 is 0 Å². The predicted molar refractivity (Wildman–Crippen MR) is 85.7 cm³/mol. The summed E-state index contributed by atoms with van der Waals surface area (Å²) in [5, 5.41) is 3.55. The van der Waals surface area contributed by atoms with E-state index in [0.29, 0.717) is 23.8 Å². The average molecular weight is 282 g/mol. The number of rotatable bonds is 5. The van der Waals surface area contributed by atoms with Crippen molar-refractivity contribution >= 4 is 5.91 Å². The number of hydrogen-bond donors (Lipinski definition) is 1. The van der Waals surface area contributed by atoms with Crippen molar-refractivity contribution in [1.82, 2.24) is 10.2 Å². The van der Waals surface area contributed by atoms with Crippen LogP contribution in [0.2, 0.25) is 0 Å². The van der Waals surface area contributed by atoms with Crippen molar-refractivity contribution in [2.75, 3.05) is 19.6 Å². The lowest BCUT2D eigenvalue weighted by Gasteiger charge is -2.35. The first-order chi connectivity index (χ1) is 9.25. The minimum atomic E-state index is 0.181. The van der Waals surface area contributed by atoms with Gasteiger partial charge in [0.2, 0.25) is 5.91 Å². The first kappa shape index (κ1) is 17.5. The van der Waals surface area contributed by atoms with Crippen LogP contribution in [0, 0.1) is 17.3 Å². The van der Waals surface area contributed by atoms with Gasteiger partial charge in [0.25, 0.3) is 0 Å². The fourth-order valence-corrected chi connectivity index (χ4v) is 3.03. The van der Waals surface area contributed by atoms with E-state index in [0.717, 1.165) is 38.9 Å². The maximum Gasteiger partial charge on any atom is 0.222 e. The van der Waals surface area contributed by atoms with Gasteiger partial charge in [0.1, 0.15) is 0 Å². The van der Waals surface area contributed by atoms with Crippen molar-refractivity contribution in [3.8, 4) is 0 Å². The van der Waals surface area contributed by atoms with Gasteiger partial charge in [-0.1, -0.05) is 41.5 Å². The Hall–Kier alpha value is -0.570. The molecule has 118 valence electrons. The molecule has 1 rings (SSSR count). The number of nitrogens with one attached hydrogen (secondary N) is 1. The Balaban J connectivity index is 2.67. The van der Waals surface area contributed by atoms with E-state index in [4.69, 9.17) is 0 Å². The third-order valence-electron chi connectivity index (χ3n) is 4.69. The van der Waals surface area contributed by atoms with Gasteiger partial charge in [0.15, 0.2) is 0 Å². The van der Waals surface area contributed by atoms with Crippen LogP contribution in [0.3, 0.4) is 0 Å². The number of carbonyl (C=O) groups is 1. The van der Waals surface area contributed by atoms with Gasteiger partial charge in [-0.3, -0.25) is 4.79 Å². The van der Waals surface area contributed by atoms with E-state index in [9.17, 15) is 4.79 Å². The smallest absolute Gasteiger partial charge is 0.222 e. The highest BCUT2D eigenvalue weighted by Gasteiger charge is 2.30. The molecule has 0 spiro atoms. The van der Waals surface area contributed by atoms with Crippen molar-refractivity contribution in [3.05, 3.63) is 0 Å². The van der Waals surface area contributed by atoms with Gasteiger partial charge in [-0.05, 0) is 36.6 Å². The molecular weight excluding hydrogens is 248 g/mol. The highest BCUT2D eigenvalue weighted by molar-refractivity contribution is 5.76. The van der Waals surface area contributed by atoms with Crippen molar-refractivity contribution in [1.29, 1.82) is 0 Å². The molecule has 0 aromatic carbocycles. The second-order valence-electron chi connectivity index (χ2n) is 7.65. The Morgan fingerprint density at radius 3 is 2.45 bits per heavy atom. The number of likely N-dealkylation sites (N-methyl/N-ethyl adjacent to an activating group) is 1. The second kappa shape index (κ2) is 7.44. The zero-order valence-corrected chi connectivity index (χ0v) is 14.3. The summed E-state index contributed by atoms with van der Waals surface area (Å²) in [7, 11) is 0. The molecule has 0 aromatic rings. The fourth-order valence-electron chi connectivity index (χ4n) is 3.03. The summed E-state index contributed by atoms with van der Waals surface area (Å²) in [6.07, 6.45) is 2.95. The summed E-state index contributed by atoms with van der Waals surface area (Å²) in [4.78, 5) is 14.4. The number of hydrogen-bond acceptors (Lipinski definition) is 2. The van der Waals surface area contributed by atoms with E-state index in [1.54, 1.807) is 0 Å². The topological polar surface area (TPSA) is 32.3 Å². The van der Waals surface area contributed by atoms with Crippen LogP contribution in [0.5, 0.6) is 0 Å². The van der Waals surface area contributed by atoms with Gasteiger partial charge in [-0.15, -0.1) is 0 Å². The van der Waals surface area contributed by atoms with Gasteiger partial charge in [-0.25, -0.2) is 0 Å². The Morgan fingerprint density at radius 2 is 1.95 bits per heavy atom. The van der Waals surface area contributed by atoms with Crippen LogP contribution in [-0.2, 0) is 4.79 Å². The van der Waals surface area contributed by atoms with Crippen LogP contribution < -0.4 is 5.32 Å². The third kappa shape index (κ3) is 5.08. The van der Waals surface area contributed by atoms with Gasteiger partial charge in [0, 0.05) is 25.6 Å². The first-order valence-corrected chi connectivity index (χ1v) is 8.26. The summed E-state index contributed by atoms with van der Waals surface area (Å²) in [6.45, 7) is 16.2. The summed E-state index contributed by atoms with van der Waals surface area (Å²) in [5.74, 6) is 1.74. The molecule has 0 aromatic heterocycles. The van der Waals surface area contributed by atoms with Crippen LogP contribution in [-0.4, -0.2) is 36.5 Å². The molecule has 1 aliphatic rings. The summed E-state index contributed by atoms with van der Waals surface area (Å²) in [6, 6.07) is 0.368. The maximum absolute atomic E-state index is 12.3. The molecule has 1 saturated heterocycles. The van der Waals surface area contributed by atoms with E-state index in [2.05, 4.69) is 51.8 Å². The molecule has 0 saturated carbocycles. The van der Waals surface area contributed by atoms with Crippen LogP contribution >= 0.6 is 0 Å². The van der Waals surface area contributed by atoms with Gasteiger partial charge < -0.3 is 10.2 Å². The number of nitrogens with zero attached hydrogens (tertiary/aromatic N) is 1. The molecule has 0 aliphatic carbocycles. The fraction of sp³-hybridized carbons (Fsp3) is 0.941. The number of carbonyl (C=O) groups excluding carboxylic acids is 1. The molecule has 1 N–H and O–H groups in total. The Labute approximate surface area is 125 Å². The van der Waals surface area contributed by atoms with Crippen molar-refractivity contribution in [3.63, 3.8) is 0 Å². The van der Waals surface area contributed by atoms with Crippen LogP contribution in [0.15, 0.2) is 0 Å². The Morgan fingerprint density at radius 1 is 1.30 bits per heavy atom. The largest absolute Gasteiger partial charge is 0.341 e. The van der Waals surface area contributed by atoms with E-state index in [1.165, 1.54) is 0 Å². The zero-order valence-electron chi connectivity index (χ0n) is 14.3. The quantitative estimate of drug-likeness (QED) is 0.839. The molecule has 1 amide bonds. The maximum atomic E-state index is 12.3. The van der Waals surface area contributed by atoms with Crippen LogP contribution in [0.1, 0.15) is 60.8 Å². The Bertz CT molecular complexity index is 307. The lowest BCUT2D eigenvalue weighted by atomic mass is 9.86. The van der Waals surface area contributed by atoms with E-state index in [1.807, 2.05) is 0 Å². The molecule has 1 fully saturated rings. The Kier molecular flexibility index (Phi) is 6.50.